The van der Waals surface area contributed by atoms with E-state index in [2.05, 4.69) is 10.1 Å². The van der Waals surface area contributed by atoms with Crippen molar-refractivity contribution in [3.8, 4) is 0 Å². The Kier molecular flexibility index (Phi) is 6.44. The molecule has 1 aromatic carbocycles. The number of esters is 1. The minimum absolute atomic E-state index is 0.227. The Morgan fingerprint density at radius 3 is 2.75 bits per heavy atom. The van der Waals surface area contributed by atoms with Gasteiger partial charge in [-0.05, 0) is 18.2 Å². The van der Waals surface area contributed by atoms with Crippen LogP contribution in [0.2, 0.25) is 0 Å². The van der Waals surface area contributed by atoms with E-state index < -0.39 is 9.84 Å². The summed E-state index contributed by atoms with van der Waals surface area (Å²) < 4.78 is 27.9. The summed E-state index contributed by atoms with van der Waals surface area (Å²) in [5.74, 6) is 0.212. The first-order valence-corrected chi connectivity index (χ1v) is 8.92. The fourth-order valence-corrected chi connectivity index (χ4v) is 2.97. The van der Waals surface area contributed by atoms with Gasteiger partial charge < -0.3 is 10.1 Å². The predicted molar refractivity (Wildman–Crippen MR) is 84.9 cm³/mol. The van der Waals surface area contributed by atoms with Crippen molar-refractivity contribution in [1.82, 2.24) is 0 Å². The monoisotopic (exact) mass is 333 g/mol. The Labute approximate surface area is 128 Å². The number of anilines is 1. The number of benzene rings is 1. The quantitative estimate of drug-likeness (QED) is 0.653. The molecule has 0 fully saturated rings. The van der Waals surface area contributed by atoms with Gasteiger partial charge in [0.1, 0.15) is 4.32 Å². The average molecular weight is 333 g/mol. The molecular formula is C12H15NO4S3. The van der Waals surface area contributed by atoms with Crippen LogP contribution in [-0.2, 0) is 19.4 Å². The summed E-state index contributed by atoms with van der Waals surface area (Å²) in [4.78, 5) is 11.2. The van der Waals surface area contributed by atoms with Gasteiger partial charge in [-0.2, -0.15) is 0 Å². The van der Waals surface area contributed by atoms with Crippen molar-refractivity contribution in [2.24, 2.45) is 0 Å². The number of ether oxygens (including phenoxy) is 1. The lowest BCUT2D eigenvalue weighted by molar-refractivity contribution is -0.140. The van der Waals surface area contributed by atoms with Crippen LogP contribution in [0, 0.1) is 0 Å². The van der Waals surface area contributed by atoms with E-state index in [0.717, 1.165) is 6.26 Å². The van der Waals surface area contributed by atoms with Gasteiger partial charge in [-0.1, -0.05) is 30.0 Å². The minimum atomic E-state index is -3.24. The zero-order chi connectivity index (χ0) is 15.2. The zero-order valence-corrected chi connectivity index (χ0v) is 13.5. The number of thiocarbonyl (C=S) groups is 1. The molecule has 0 aromatic heterocycles. The molecule has 0 bridgehead atoms. The second-order valence-electron chi connectivity index (χ2n) is 3.89. The number of methoxy groups -OCH3 is 1. The first-order chi connectivity index (χ1) is 9.32. The lowest BCUT2D eigenvalue weighted by atomic mass is 10.3. The Balaban J connectivity index is 2.56. The molecule has 0 spiro atoms. The molecule has 0 heterocycles. The number of sulfone groups is 1. The van der Waals surface area contributed by atoms with E-state index in [0.29, 0.717) is 15.8 Å². The van der Waals surface area contributed by atoms with E-state index in [4.69, 9.17) is 12.2 Å². The van der Waals surface area contributed by atoms with Crippen LogP contribution in [0.4, 0.5) is 5.69 Å². The van der Waals surface area contributed by atoms with Crippen molar-refractivity contribution in [2.75, 3.05) is 24.4 Å². The normalized spacial score (nSPS) is 10.9. The summed E-state index contributed by atoms with van der Waals surface area (Å²) in [7, 11) is -1.91. The van der Waals surface area contributed by atoms with Crippen LogP contribution in [0.5, 0.6) is 0 Å². The first kappa shape index (κ1) is 16.9. The van der Waals surface area contributed by atoms with Crippen LogP contribution >= 0.6 is 24.0 Å². The van der Waals surface area contributed by atoms with Crippen molar-refractivity contribution in [3.63, 3.8) is 0 Å². The second kappa shape index (κ2) is 7.61. The predicted octanol–water partition coefficient (Wildman–Crippen LogP) is 2.08. The van der Waals surface area contributed by atoms with Gasteiger partial charge in [-0.15, -0.1) is 0 Å². The third-order valence-corrected chi connectivity index (χ3v) is 4.61. The molecule has 0 atom stereocenters. The molecule has 0 aliphatic carbocycles. The number of carbonyl (C=O) groups excluding carboxylic acids is 1. The smallest absolute Gasteiger partial charge is 0.306 e. The molecule has 0 saturated carbocycles. The molecule has 1 aromatic rings. The summed E-state index contributed by atoms with van der Waals surface area (Å²) >= 11 is 6.41. The molecule has 0 unspecified atom stereocenters. The van der Waals surface area contributed by atoms with Gasteiger partial charge in [-0.3, -0.25) is 4.79 Å². The summed E-state index contributed by atoms with van der Waals surface area (Å²) in [6.07, 6.45) is 1.42. The van der Waals surface area contributed by atoms with E-state index >= 15 is 0 Å². The molecule has 0 aliphatic heterocycles. The average Bonchev–Trinajstić information content (AvgIpc) is 2.37. The third-order valence-electron chi connectivity index (χ3n) is 2.28. The SMILES string of the molecule is COC(=O)CCSC(=S)Nc1cccc(S(C)(=O)=O)c1. The number of rotatable bonds is 5. The van der Waals surface area contributed by atoms with Crippen molar-refractivity contribution >= 4 is 49.8 Å². The summed E-state index contributed by atoms with van der Waals surface area (Å²) in [6, 6.07) is 6.40. The first-order valence-electron chi connectivity index (χ1n) is 5.63. The second-order valence-corrected chi connectivity index (χ2v) is 7.67. The van der Waals surface area contributed by atoms with Crippen LogP contribution in [0.25, 0.3) is 0 Å². The highest BCUT2D eigenvalue weighted by Gasteiger charge is 2.08. The van der Waals surface area contributed by atoms with E-state index in [-0.39, 0.29) is 17.3 Å². The van der Waals surface area contributed by atoms with Crippen LogP contribution in [0.3, 0.4) is 0 Å². The zero-order valence-electron chi connectivity index (χ0n) is 11.1. The number of thioether (sulfide) groups is 1. The maximum Gasteiger partial charge on any atom is 0.306 e. The van der Waals surface area contributed by atoms with Gasteiger partial charge in [0.15, 0.2) is 9.84 Å². The third kappa shape index (κ3) is 5.89. The van der Waals surface area contributed by atoms with Crippen LogP contribution in [0.1, 0.15) is 6.42 Å². The molecule has 20 heavy (non-hydrogen) atoms. The lowest BCUT2D eigenvalue weighted by Crippen LogP contribution is -2.08. The van der Waals surface area contributed by atoms with Crippen LogP contribution in [0.15, 0.2) is 29.2 Å². The van der Waals surface area contributed by atoms with Crippen LogP contribution in [-0.4, -0.2) is 37.8 Å². The van der Waals surface area contributed by atoms with Gasteiger partial charge in [0.05, 0.1) is 18.4 Å². The van der Waals surface area contributed by atoms with E-state index in [9.17, 15) is 13.2 Å². The maximum atomic E-state index is 11.4. The standard InChI is InChI=1S/C12H15NO4S3/c1-17-11(14)6-7-19-12(18)13-9-4-3-5-10(8-9)20(2,15)16/h3-5,8H,6-7H2,1-2H3,(H,13,18). The number of carbonyl (C=O) groups is 1. The molecule has 1 N–H and O–H groups in total. The van der Waals surface area contributed by atoms with Crippen molar-refractivity contribution in [2.45, 2.75) is 11.3 Å². The molecule has 0 aliphatic rings. The van der Waals surface area contributed by atoms with E-state index in [1.807, 2.05) is 0 Å². The van der Waals surface area contributed by atoms with Gasteiger partial charge >= 0.3 is 5.97 Å². The highest BCUT2D eigenvalue weighted by Crippen LogP contribution is 2.17. The van der Waals surface area contributed by atoms with Crippen molar-refractivity contribution < 1.29 is 17.9 Å². The molecule has 0 saturated heterocycles. The van der Waals surface area contributed by atoms with E-state index in [1.54, 1.807) is 12.1 Å². The lowest BCUT2D eigenvalue weighted by Gasteiger charge is -2.08. The summed E-state index contributed by atoms with van der Waals surface area (Å²) in [6.45, 7) is 0. The minimum Gasteiger partial charge on any atom is -0.469 e. The topological polar surface area (TPSA) is 72.5 Å². The fourth-order valence-electron chi connectivity index (χ4n) is 1.29. The van der Waals surface area contributed by atoms with Gasteiger partial charge in [0.2, 0.25) is 0 Å². The highest BCUT2D eigenvalue weighted by molar-refractivity contribution is 8.23. The molecule has 110 valence electrons. The Morgan fingerprint density at radius 1 is 1.45 bits per heavy atom. The van der Waals surface area contributed by atoms with Gasteiger partial charge in [-0.25, -0.2) is 8.42 Å². The molecule has 0 radical (unpaired) electrons. The fraction of sp³-hybridized carbons (Fsp3) is 0.333. The van der Waals surface area contributed by atoms with E-state index in [1.165, 1.54) is 31.0 Å². The van der Waals surface area contributed by atoms with Crippen molar-refractivity contribution in [3.05, 3.63) is 24.3 Å². The molecule has 5 nitrogen and oxygen atoms in total. The van der Waals surface area contributed by atoms with Crippen molar-refractivity contribution in [1.29, 1.82) is 0 Å². The van der Waals surface area contributed by atoms with Gasteiger partial charge in [0.25, 0.3) is 0 Å². The summed E-state index contributed by atoms with van der Waals surface area (Å²) in [5.41, 5.74) is 0.600. The summed E-state index contributed by atoms with van der Waals surface area (Å²) in [5, 5.41) is 2.92. The molecular weight excluding hydrogens is 318 g/mol. The number of hydrogen-bond acceptors (Lipinski definition) is 6. The highest BCUT2D eigenvalue weighted by atomic mass is 32.2. The number of hydrogen-bond donors (Lipinski definition) is 1. The largest absolute Gasteiger partial charge is 0.469 e. The maximum absolute atomic E-state index is 11.4. The molecule has 0 amide bonds. The van der Waals surface area contributed by atoms with Gasteiger partial charge in [0, 0.05) is 17.7 Å². The Hall–Kier alpha value is -1.12. The Bertz CT molecular complexity index is 598. The molecule has 1 rings (SSSR count). The Morgan fingerprint density at radius 2 is 2.15 bits per heavy atom. The molecule has 8 heteroatoms. The van der Waals surface area contributed by atoms with Crippen LogP contribution < -0.4 is 5.32 Å². The number of nitrogens with one attached hydrogen (secondary N) is 1.